The van der Waals surface area contributed by atoms with Crippen LogP contribution in [0.1, 0.15) is 60.7 Å². The molecule has 6 heterocycles. The molecule has 2 aromatic carbocycles. The number of hydrogen-bond acceptors (Lipinski definition) is 9. The number of phenols is 1. The van der Waals surface area contributed by atoms with E-state index in [2.05, 4.69) is 19.8 Å². The van der Waals surface area contributed by atoms with E-state index in [0.29, 0.717) is 69.4 Å². The first kappa shape index (κ1) is 30.2. The number of fused-ring (bicyclic) bond motifs is 4. The van der Waals surface area contributed by atoms with Crippen molar-refractivity contribution in [3.05, 3.63) is 58.2 Å². The number of hydrogen-bond donors (Lipinski definition) is 2. The molecule has 0 radical (unpaired) electrons. The highest BCUT2D eigenvalue weighted by Gasteiger charge is 2.49. The standard InChI is InChI=1S/C35H42F2N8O2/c1-3-25-27(37)7-6-22-14-24(46)15-29(31(22)25)42-13-8-26-28(18-42)39-34(47-20-35-9-4-11-44(35)17-23(36)16-35)40-33(26)43-10-5-12-45-30(19-43)21(2)32(38)41-45/h6-7,14-15,23,46H,3-5,8-13,16-20H2,1-2H3,(H2,38,41)/t23-,35+/m1/s1. The Morgan fingerprint density at radius 2 is 1.96 bits per heavy atom. The Kier molecular flexibility index (Phi) is 7.38. The van der Waals surface area contributed by atoms with Gasteiger partial charge >= 0.3 is 6.01 Å². The van der Waals surface area contributed by atoms with Crippen LogP contribution in [0.4, 0.5) is 26.1 Å². The fraction of sp³-hybridized carbons (Fsp3) is 0.514. The number of nitrogens with two attached hydrogens (primary N) is 1. The van der Waals surface area contributed by atoms with Gasteiger partial charge in [-0.25, -0.2) is 8.78 Å². The van der Waals surface area contributed by atoms with E-state index in [-0.39, 0.29) is 17.1 Å². The van der Waals surface area contributed by atoms with Crippen LogP contribution in [0, 0.1) is 12.7 Å². The summed E-state index contributed by atoms with van der Waals surface area (Å²) in [7, 11) is 0. The van der Waals surface area contributed by atoms with E-state index in [4.69, 9.17) is 20.4 Å². The summed E-state index contributed by atoms with van der Waals surface area (Å²) in [5.41, 5.74) is 11.3. The van der Waals surface area contributed by atoms with Gasteiger partial charge < -0.3 is 25.4 Å². The van der Waals surface area contributed by atoms with Gasteiger partial charge in [0.15, 0.2) is 0 Å². The summed E-state index contributed by atoms with van der Waals surface area (Å²) in [5, 5.41) is 16.9. The van der Waals surface area contributed by atoms with Crippen molar-refractivity contribution in [2.24, 2.45) is 0 Å². The highest BCUT2D eigenvalue weighted by atomic mass is 19.1. The third-order valence-corrected chi connectivity index (χ3v) is 10.9. The van der Waals surface area contributed by atoms with Crippen LogP contribution in [-0.2, 0) is 32.5 Å². The van der Waals surface area contributed by atoms with E-state index in [0.717, 1.165) is 83.7 Å². The zero-order chi connectivity index (χ0) is 32.4. The normalized spacial score (nSPS) is 22.8. The summed E-state index contributed by atoms with van der Waals surface area (Å²) in [6.07, 6.45) is 3.63. The third kappa shape index (κ3) is 5.12. The van der Waals surface area contributed by atoms with Crippen LogP contribution in [0.15, 0.2) is 24.3 Å². The van der Waals surface area contributed by atoms with Crippen LogP contribution in [0.3, 0.4) is 0 Å². The van der Waals surface area contributed by atoms with Gasteiger partial charge in [-0.1, -0.05) is 13.0 Å². The topological polar surface area (TPSA) is 109 Å². The number of nitrogens with zero attached hydrogens (tertiary/aromatic N) is 7. The minimum atomic E-state index is -0.847. The first-order valence-electron chi connectivity index (χ1n) is 16.9. The van der Waals surface area contributed by atoms with E-state index >= 15 is 4.39 Å². The van der Waals surface area contributed by atoms with Crippen LogP contribution < -0.4 is 20.3 Å². The highest BCUT2D eigenvalue weighted by molar-refractivity contribution is 5.98. The number of benzene rings is 2. The molecule has 2 fully saturated rings. The number of rotatable bonds is 6. The summed E-state index contributed by atoms with van der Waals surface area (Å²) in [5.74, 6) is 1.28. The SMILES string of the molecule is CCc1c(F)ccc2cc(O)cc(N3CCc4c(nc(OC[C@@]56CCCN5C[C@H](F)C6)nc4N4CCCn5nc(N)c(C)c5C4)C3)c12. The number of halogens is 2. The van der Waals surface area contributed by atoms with Crippen LogP contribution in [0.2, 0.25) is 0 Å². The Hall–Kier alpha value is -4.19. The van der Waals surface area contributed by atoms with E-state index in [1.54, 1.807) is 18.2 Å². The average Bonchev–Trinajstić information content (AvgIpc) is 3.61. The van der Waals surface area contributed by atoms with Gasteiger partial charge in [-0.2, -0.15) is 15.1 Å². The minimum Gasteiger partial charge on any atom is -0.508 e. The van der Waals surface area contributed by atoms with E-state index in [9.17, 15) is 9.50 Å². The lowest BCUT2D eigenvalue weighted by molar-refractivity contribution is 0.107. The van der Waals surface area contributed by atoms with Crippen LogP contribution in [0.25, 0.3) is 10.8 Å². The van der Waals surface area contributed by atoms with Gasteiger partial charge in [0, 0.05) is 60.9 Å². The first-order chi connectivity index (χ1) is 22.7. The molecular weight excluding hydrogens is 602 g/mol. The number of aromatic nitrogens is 4. The van der Waals surface area contributed by atoms with Gasteiger partial charge in [-0.15, -0.1) is 0 Å². The van der Waals surface area contributed by atoms with Crippen molar-refractivity contribution in [2.45, 2.75) is 83.7 Å². The van der Waals surface area contributed by atoms with Crippen molar-refractivity contribution in [3.63, 3.8) is 0 Å². The molecule has 0 amide bonds. The predicted molar refractivity (Wildman–Crippen MR) is 177 cm³/mol. The number of phenolic OH excluding ortho intramolecular Hbond substituents is 1. The van der Waals surface area contributed by atoms with Gasteiger partial charge in [0.05, 0.1) is 30.0 Å². The van der Waals surface area contributed by atoms with Crippen molar-refractivity contribution in [1.82, 2.24) is 24.6 Å². The summed E-state index contributed by atoms with van der Waals surface area (Å²) >= 11 is 0. The Balaban J connectivity index is 1.19. The zero-order valence-corrected chi connectivity index (χ0v) is 27.1. The number of nitrogen functional groups attached to an aromatic ring is 1. The molecule has 248 valence electrons. The van der Waals surface area contributed by atoms with Gasteiger partial charge in [0.2, 0.25) is 0 Å². The molecule has 10 nitrogen and oxygen atoms in total. The molecule has 2 atom stereocenters. The molecule has 0 spiro atoms. The molecule has 47 heavy (non-hydrogen) atoms. The second-order valence-corrected chi connectivity index (χ2v) is 13.7. The lowest BCUT2D eigenvalue weighted by Crippen LogP contribution is -2.43. The third-order valence-electron chi connectivity index (χ3n) is 10.9. The number of aryl methyl sites for hydroxylation is 2. The number of anilines is 3. The molecule has 0 bridgehead atoms. The summed E-state index contributed by atoms with van der Waals surface area (Å²) in [6, 6.07) is 6.92. The molecule has 0 saturated carbocycles. The highest BCUT2D eigenvalue weighted by Crippen LogP contribution is 2.42. The van der Waals surface area contributed by atoms with Crippen LogP contribution in [0.5, 0.6) is 11.8 Å². The Bertz CT molecular complexity index is 1860. The number of aromatic hydroxyl groups is 1. The smallest absolute Gasteiger partial charge is 0.318 e. The van der Waals surface area contributed by atoms with Gasteiger partial charge in [-0.3, -0.25) is 9.58 Å². The monoisotopic (exact) mass is 644 g/mol. The van der Waals surface area contributed by atoms with Gasteiger partial charge in [0.1, 0.15) is 36.0 Å². The van der Waals surface area contributed by atoms with Crippen molar-refractivity contribution < 1.29 is 18.6 Å². The molecule has 0 aliphatic carbocycles. The van der Waals surface area contributed by atoms with Crippen LogP contribution >= 0.6 is 0 Å². The van der Waals surface area contributed by atoms with Gasteiger partial charge in [0.25, 0.3) is 0 Å². The minimum absolute atomic E-state index is 0.137. The second kappa shape index (κ2) is 11.5. The Morgan fingerprint density at radius 3 is 2.81 bits per heavy atom. The number of ether oxygens (including phenoxy) is 1. The van der Waals surface area contributed by atoms with E-state index in [1.807, 2.05) is 18.5 Å². The van der Waals surface area contributed by atoms with Crippen molar-refractivity contribution >= 4 is 28.1 Å². The van der Waals surface area contributed by atoms with E-state index in [1.165, 1.54) is 6.07 Å². The lowest BCUT2D eigenvalue weighted by Gasteiger charge is -2.35. The van der Waals surface area contributed by atoms with Gasteiger partial charge in [-0.05, 0) is 68.7 Å². The quantitative estimate of drug-likeness (QED) is 0.298. The Labute approximate surface area is 273 Å². The molecule has 3 N–H and O–H groups in total. The predicted octanol–water partition coefficient (Wildman–Crippen LogP) is 5.05. The lowest BCUT2D eigenvalue weighted by atomic mass is 9.95. The maximum atomic E-state index is 15.1. The Morgan fingerprint density at radius 1 is 1.09 bits per heavy atom. The second-order valence-electron chi connectivity index (χ2n) is 13.7. The van der Waals surface area contributed by atoms with E-state index < -0.39 is 6.17 Å². The maximum Gasteiger partial charge on any atom is 0.318 e. The van der Waals surface area contributed by atoms with Crippen LogP contribution in [-0.4, -0.2) is 74.3 Å². The molecule has 4 aromatic rings. The summed E-state index contributed by atoms with van der Waals surface area (Å²) < 4.78 is 38.1. The summed E-state index contributed by atoms with van der Waals surface area (Å²) in [6.45, 7) is 8.91. The summed E-state index contributed by atoms with van der Waals surface area (Å²) in [4.78, 5) is 16.8. The molecular formula is C35H42F2N8O2. The molecule has 8 rings (SSSR count). The number of alkyl halides is 1. The van der Waals surface area contributed by atoms with Crippen molar-refractivity contribution in [3.8, 4) is 11.8 Å². The maximum absolute atomic E-state index is 15.1. The average molecular weight is 645 g/mol. The fourth-order valence-electron chi connectivity index (χ4n) is 8.48. The molecule has 0 unspecified atom stereocenters. The fourth-order valence-corrected chi connectivity index (χ4v) is 8.48. The molecule has 2 aromatic heterocycles. The molecule has 4 aliphatic heterocycles. The largest absolute Gasteiger partial charge is 0.508 e. The van der Waals surface area contributed by atoms with Crippen molar-refractivity contribution in [1.29, 1.82) is 0 Å². The molecule has 2 saturated heterocycles. The first-order valence-corrected chi connectivity index (χ1v) is 16.9. The van der Waals surface area contributed by atoms with Crippen molar-refractivity contribution in [2.75, 3.05) is 48.3 Å². The molecule has 4 aliphatic rings. The molecule has 12 heteroatoms. The zero-order valence-electron chi connectivity index (χ0n) is 27.1.